The first kappa shape index (κ1) is 19.7. The first-order valence-electron chi connectivity index (χ1n) is 11.0. The van der Waals surface area contributed by atoms with Gasteiger partial charge in [-0.1, -0.05) is 23.8 Å². The SMILES string of the molecule is Cc1cccc(-c2ccn(-c3cc(N4CCOCC4)n4nc(-c5cc(C)[nH]n5)cc4n3)n2)c1. The second kappa shape index (κ2) is 7.86. The first-order valence-corrected chi connectivity index (χ1v) is 11.0. The number of H-pyrrole nitrogens is 1. The minimum absolute atomic E-state index is 0.686. The van der Waals surface area contributed by atoms with Crippen LogP contribution in [0.3, 0.4) is 0 Å². The molecule has 0 unspecified atom stereocenters. The Kier molecular flexibility index (Phi) is 4.69. The number of nitrogens with one attached hydrogen (secondary N) is 1. The minimum Gasteiger partial charge on any atom is -0.378 e. The third kappa shape index (κ3) is 3.66. The van der Waals surface area contributed by atoms with E-state index >= 15 is 0 Å². The maximum absolute atomic E-state index is 5.57. The van der Waals surface area contributed by atoms with Crippen molar-refractivity contribution in [2.45, 2.75) is 13.8 Å². The summed E-state index contributed by atoms with van der Waals surface area (Å²) in [6.45, 7) is 7.02. The summed E-state index contributed by atoms with van der Waals surface area (Å²) >= 11 is 0. The van der Waals surface area contributed by atoms with Crippen molar-refractivity contribution >= 4 is 11.5 Å². The topological polar surface area (TPSA) is 89.2 Å². The molecule has 5 heterocycles. The third-order valence-electron chi connectivity index (χ3n) is 5.84. The van der Waals surface area contributed by atoms with Crippen molar-refractivity contribution in [1.82, 2.24) is 34.6 Å². The Hall–Kier alpha value is -3.98. The van der Waals surface area contributed by atoms with Crippen LogP contribution in [0.1, 0.15) is 11.3 Å². The van der Waals surface area contributed by atoms with Gasteiger partial charge in [0.1, 0.15) is 17.2 Å². The highest BCUT2D eigenvalue weighted by Crippen LogP contribution is 2.26. The minimum atomic E-state index is 0.686. The molecule has 0 bridgehead atoms. The second-order valence-electron chi connectivity index (χ2n) is 8.32. The van der Waals surface area contributed by atoms with E-state index in [1.807, 2.05) is 46.6 Å². The van der Waals surface area contributed by atoms with Crippen LogP contribution < -0.4 is 4.90 Å². The molecule has 1 aromatic carbocycles. The smallest absolute Gasteiger partial charge is 0.160 e. The average molecular weight is 441 g/mol. The van der Waals surface area contributed by atoms with Gasteiger partial charge in [0.05, 0.1) is 18.9 Å². The van der Waals surface area contributed by atoms with Crippen molar-refractivity contribution < 1.29 is 4.74 Å². The summed E-state index contributed by atoms with van der Waals surface area (Å²) in [5, 5.41) is 17.0. The highest BCUT2D eigenvalue weighted by atomic mass is 16.5. The summed E-state index contributed by atoms with van der Waals surface area (Å²) in [7, 11) is 0. The molecule has 1 aliphatic heterocycles. The predicted octanol–water partition coefficient (Wildman–Crippen LogP) is 3.43. The van der Waals surface area contributed by atoms with Gasteiger partial charge < -0.3 is 9.64 Å². The number of hydrogen-bond donors (Lipinski definition) is 1. The highest BCUT2D eigenvalue weighted by molar-refractivity contribution is 5.65. The van der Waals surface area contributed by atoms with Crippen molar-refractivity contribution in [3.63, 3.8) is 0 Å². The summed E-state index contributed by atoms with van der Waals surface area (Å²) in [6, 6.07) is 16.4. The van der Waals surface area contributed by atoms with Crippen molar-refractivity contribution in [1.29, 1.82) is 0 Å². The molecule has 0 amide bonds. The molecule has 9 heteroatoms. The molecular weight excluding hydrogens is 416 g/mol. The molecule has 6 rings (SSSR count). The highest BCUT2D eigenvalue weighted by Gasteiger charge is 2.20. The molecule has 1 N–H and O–H groups in total. The predicted molar refractivity (Wildman–Crippen MR) is 126 cm³/mol. The maximum atomic E-state index is 5.57. The zero-order valence-electron chi connectivity index (χ0n) is 18.6. The fourth-order valence-corrected chi connectivity index (χ4v) is 4.17. The van der Waals surface area contributed by atoms with Crippen LogP contribution in [0, 0.1) is 13.8 Å². The lowest BCUT2D eigenvalue weighted by Gasteiger charge is -2.29. The van der Waals surface area contributed by atoms with Gasteiger partial charge in [0, 0.05) is 42.7 Å². The van der Waals surface area contributed by atoms with Crippen molar-refractivity contribution in [2.24, 2.45) is 0 Å². The van der Waals surface area contributed by atoms with Crippen molar-refractivity contribution in [3.05, 3.63) is 66.0 Å². The van der Waals surface area contributed by atoms with Crippen molar-refractivity contribution in [2.75, 3.05) is 31.2 Å². The van der Waals surface area contributed by atoms with E-state index in [1.54, 1.807) is 0 Å². The molecule has 1 fully saturated rings. The fourth-order valence-electron chi connectivity index (χ4n) is 4.17. The van der Waals surface area contributed by atoms with Gasteiger partial charge in [-0.15, -0.1) is 0 Å². The fraction of sp³-hybridized carbons (Fsp3) is 0.250. The lowest BCUT2D eigenvalue weighted by atomic mass is 10.1. The van der Waals surface area contributed by atoms with Gasteiger partial charge in [-0.05, 0) is 32.0 Å². The molecule has 0 aliphatic carbocycles. The molecule has 0 radical (unpaired) electrons. The number of nitrogens with zero attached hydrogens (tertiary/aromatic N) is 7. The van der Waals surface area contributed by atoms with Gasteiger partial charge in [0.25, 0.3) is 0 Å². The Morgan fingerprint density at radius 2 is 1.79 bits per heavy atom. The van der Waals surface area contributed by atoms with Crippen LogP contribution in [0.4, 0.5) is 5.82 Å². The number of anilines is 1. The van der Waals surface area contributed by atoms with Gasteiger partial charge in [0.2, 0.25) is 0 Å². The lowest BCUT2D eigenvalue weighted by Crippen LogP contribution is -2.37. The van der Waals surface area contributed by atoms with Gasteiger partial charge in [-0.3, -0.25) is 5.10 Å². The van der Waals surface area contributed by atoms with Gasteiger partial charge in [-0.25, -0.2) is 9.67 Å². The number of aromatic nitrogens is 7. The zero-order valence-corrected chi connectivity index (χ0v) is 18.6. The van der Waals surface area contributed by atoms with E-state index in [9.17, 15) is 0 Å². The monoisotopic (exact) mass is 440 g/mol. The molecule has 0 saturated carbocycles. The second-order valence-corrected chi connectivity index (χ2v) is 8.32. The first-order chi connectivity index (χ1) is 16.1. The van der Waals surface area contributed by atoms with Gasteiger partial charge in [-0.2, -0.15) is 19.8 Å². The van der Waals surface area contributed by atoms with E-state index in [0.717, 1.165) is 58.7 Å². The van der Waals surface area contributed by atoms with E-state index in [-0.39, 0.29) is 0 Å². The molecule has 1 aliphatic rings. The quantitative estimate of drug-likeness (QED) is 0.461. The van der Waals surface area contributed by atoms with Crippen molar-refractivity contribution in [3.8, 4) is 28.5 Å². The number of rotatable bonds is 4. The van der Waals surface area contributed by atoms with E-state index < -0.39 is 0 Å². The summed E-state index contributed by atoms with van der Waals surface area (Å²) in [6.07, 6.45) is 1.95. The number of hydrogen-bond acceptors (Lipinski definition) is 6. The van der Waals surface area contributed by atoms with Crippen LogP contribution in [0.5, 0.6) is 0 Å². The van der Waals surface area contributed by atoms with E-state index in [0.29, 0.717) is 13.2 Å². The Morgan fingerprint density at radius 3 is 2.58 bits per heavy atom. The Labute approximate surface area is 190 Å². The van der Waals surface area contributed by atoms with Crippen LogP contribution in [-0.4, -0.2) is 60.9 Å². The summed E-state index contributed by atoms with van der Waals surface area (Å²) in [5.41, 5.74) is 6.52. The zero-order chi connectivity index (χ0) is 22.4. The lowest BCUT2D eigenvalue weighted by molar-refractivity contribution is 0.122. The third-order valence-corrected chi connectivity index (χ3v) is 5.84. The van der Waals surface area contributed by atoms with Crippen LogP contribution in [0.25, 0.3) is 34.1 Å². The largest absolute Gasteiger partial charge is 0.378 e. The van der Waals surface area contributed by atoms with Gasteiger partial charge >= 0.3 is 0 Å². The molecule has 9 nitrogen and oxygen atoms in total. The number of aryl methyl sites for hydroxylation is 2. The van der Waals surface area contributed by atoms with Crippen LogP contribution >= 0.6 is 0 Å². The Morgan fingerprint density at radius 1 is 0.909 bits per heavy atom. The standard InChI is InChI=1S/C24H24N8O/c1-16-4-3-5-18(12-16)19-6-7-31(28-19)22-15-24(30-8-10-33-11-9-30)32-23(25-22)14-21(29-32)20-13-17(2)26-27-20/h3-7,12-15H,8-11H2,1-2H3,(H,26,27). The molecule has 0 atom stereocenters. The summed E-state index contributed by atoms with van der Waals surface area (Å²) in [4.78, 5) is 7.16. The number of fused-ring (bicyclic) bond motifs is 1. The van der Waals surface area contributed by atoms with E-state index in [2.05, 4.69) is 46.3 Å². The summed E-state index contributed by atoms with van der Waals surface area (Å²) in [5.74, 6) is 1.71. The molecule has 5 aromatic rings. The van der Waals surface area contributed by atoms with Crippen LogP contribution in [0.15, 0.2) is 54.7 Å². The molecular formula is C24H24N8O. The number of ether oxygens (including phenoxy) is 1. The molecule has 4 aromatic heterocycles. The van der Waals surface area contributed by atoms with Gasteiger partial charge in [0.15, 0.2) is 11.5 Å². The normalized spacial score (nSPS) is 14.3. The molecule has 166 valence electrons. The Bertz CT molecular complexity index is 1440. The molecule has 1 saturated heterocycles. The van der Waals surface area contributed by atoms with E-state index in [4.69, 9.17) is 19.9 Å². The van der Waals surface area contributed by atoms with Crippen LogP contribution in [0.2, 0.25) is 0 Å². The van der Waals surface area contributed by atoms with E-state index in [1.165, 1.54) is 5.56 Å². The summed E-state index contributed by atoms with van der Waals surface area (Å²) < 4.78 is 9.28. The molecule has 0 spiro atoms. The maximum Gasteiger partial charge on any atom is 0.160 e. The Balaban J connectivity index is 1.47. The van der Waals surface area contributed by atoms with Crippen LogP contribution in [-0.2, 0) is 4.74 Å². The number of benzene rings is 1. The molecule has 33 heavy (non-hydrogen) atoms. The number of morpholine rings is 1. The average Bonchev–Trinajstić information content (AvgIpc) is 3.58. The number of aromatic amines is 1.